The summed E-state index contributed by atoms with van der Waals surface area (Å²) >= 11 is 6.11. The van der Waals surface area contributed by atoms with Gasteiger partial charge in [-0.1, -0.05) is 29.8 Å². The number of aryl methyl sites for hydroxylation is 2. The van der Waals surface area contributed by atoms with Crippen LogP contribution in [0.1, 0.15) is 72.9 Å². The van der Waals surface area contributed by atoms with Crippen LogP contribution in [0.4, 0.5) is 4.39 Å². The molecule has 0 aliphatic carbocycles. The number of hydrogen-bond acceptors (Lipinski definition) is 7. The highest BCUT2D eigenvalue weighted by Gasteiger charge is 2.43. The molecule has 0 unspecified atom stereocenters. The SMILES string of the molecule is Cc1ncnc(C)c1C(=O)N1CCC(C)(N2CCN([C@@H](c3cccc(F)c3)C3CCN(S(=O)(=O)c4cccc(Cl)c4)CC3)[C@@H](C)C2)CC1. The third-order valence-electron chi connectivity index (χ3n) is 10.9. The third kappa shape index (κ3) is 7.03. The van der Waals surface area contributed by atoms with Crippen LogP contribution < -0.4 is 0 Å². The van der Waals surface area contributed by atoms with Gasteiger partial charge in [0.1, 0.15) is 12.1 Å². The Balaban J connectivity index is 1.13. The van der Waals surface area contributed by atoms with Crippen molar-refractivity contribution in [2.75, 3.05) is 45.8 Å². The van der Waals surface area contributed by atoms with Gasteiger partial charge in [0, 0.05) is 68.5 Å². The second-order valence-corrected chi connectivity index (χ2v) is 16.3. The summed E-state index contributed by atoms with van der Waals surface area (Å²) in [6.45, 7) is 13.0. The van der Waals surface area contributed by atoms with Gasteiger partial charge in [0.05, 0.1) is 21.8 Å². The van der Waals surface area contributed by atoms with Crippen molar-refractivity contribution in [3.8, 4) is 0 Å². The first-order valence-electron chi connectivity index (χ1n) is 17.0. The molecule has 48 heavy (non-hydrogen) atoms. The number of piperidine rings is 2. The van der Waals surface area contributed by atoms with E-state index in [2.05, 4.69) is 33.6 Å². The molecule has 12 heteroatoms. The number of aromatic nitrogens is 2. The maximum Gasteiger partial charge on any atom is 0.257 e. The lowest BCUT2D eigenvalue weighted by Crippen LogP contribution is -2.63. The monoisotopic (exact) mass is 696 g/mol. The van der Waals surface area contributed by atoms with Gasteiger partial charge in [0.25, 0.3) is 5.91 Å². The molecule has 3 aromatic rings. The van der Waals surface area contributed by atoms with E-state index in [4.69, 9.17) is 11.6 Å². The zero-order valence-corrected chi connectivity index (χ0v) is 29.9. The molecule has 3 fully saturated rings. The van der Waals surface area contributed by atoms with Gasteiger partial charge in [0.15, 0.2) is 0 Å². The number of likely N-dealkylation sites (tertiary alicyclic amines) is 1. The van der Waals surface area contributed by atoms with Crippen molar-refractivity contribution in [3.05, 3.63) is 88.2 Å². The molecule has 1 aromatic heterocycles. The molecule has 0 saturated carbocycles. The Morgan fingerprint density at radius 2 is 1.62 bits per heavy atom. The highest BCUT2D eigenvalue weighted by molar-refractivity contribution is 7.89. The second kappa shape index (κ2) is 14.1. The highest BCUT2D eigenvalue weighted by Crippen LogP contribution is 2.40. The van der Waals surface area contributed by atoms with Gasteiger partial charge in [-0.15, -0.1) is 0 Å². The molecule has 0 N–H and O–H groups in total. The summed E-state index contributed by atoms with van der Waals surface area (Å²) in [5.41, 5.74) is 2.95. The fraction of sp³-hybridized carbons (Fsp3) is 0.528. The second-order valence-electron chi connectivity index (χ2n) is 13.9. The normalized spacial score (nSPS) is 22.5. The summed E-state index contributed by atoms with van der Waals surface area (Å²) in [6.07, 6.45) is 4.63. The number of piperazine rings is 1. The van der Waals surface area contributed by atoms with E-state index in [9.17, 15) is 17.6 Å². The minimum atomic E-state index is -3.66. The predicted octanol–water partition coefficient (Wildman–Crippen LogP) is 5.73. The molecule has 258 valence electrons. The fourth-order valence-corrected chi connectivity index (χ4v) is 9.85. The van der Waals surface area contributed by atoms with Crippen molar-refractivity contribution in [1.29, 1.82) is 0 Å². The molecule has 0 spiro atoms. The van der Waals surface area contributed by atoms with Crippen LogP contribution in [0.3, 0.4) is 0 Å². The molecule has 1 amide bonds. The number of rotatable bonds is 7. The first-order chi connectivity index (χ1) is 22.9. The molecule has 4 heterocycles. The van der Waals surface area contributed by atoms with Crippen molar-refractivity contribution in [3.63, 3.8) is 0 Å². The molecule has 6 rings (SSSR count). The maximum absolute atomic E-state index is 14.6. The number of hydrogen-bond donors (Lipinski definition) is 0. The average Bonchev–Trinajstić information content (AvgIpc) is 3.06. The van der Waals surface area contributed by atoms with Gasteiger partial charge in [-0.3, -0.25) is 14.6 Å². The van der Waals surface area contributed by atoms with Crippen molar-refractivity contribution in [2.45, 2.75) is 75.9 Å². The summed E-state index contributed by atoms with van der Waals surface area (Å²) < 4.78 is 43.1. The zero-order valence-electron chi connectivity index (χ0n) is 28.3. The largest absolute Gasteiger partial charge is 0.338 e. The summed E-state index contributed by atoms with van der Waals surface area (Å²) in [7, 11) is -3.66. The standard InChI is InChI=1S/C36H46ClFN6O3S/c1-25-23-42(36(4)13-17-41(18-14-36)35(45)33-26(2)39-24-40-27(33)3)19-20-44(25)34(29-7-5-9-31(38)21-29)28-11-15-43(16-12-28)48(46,47)32-10-6-8-30(37)22-32/h5-10,21-22,24-25,28,34H,11-20,23H2,1-4H3/t25-,34+/m0/s1. The molecule has 2 aromatic carbocycles. The van der Waals surface area contributed by atoms with Gasteiger partial charge in [-0.25, -0.2) is 22.8 Å². The van der Waals surface area contributed by atoms with E-state index in [1.807, 2.05) is 24.8 Å². The Labute approximate surface area is 289 Å². The lowest BCUT2D eigenvalue weighted by Gasteiger charge is -2.54. The highest BCUT2D eigenvalue weighted by atomic mass is 35.5. The summed E-state index contributed by atoms with van der Waals surface area (Å²) in [4.78, 5) is 29.2. The Hall–Kier alpha value is -2.96. The summed E-state index contributed by atoms with van der Waals surface area (Å²) in [5, 5.41) is 0.394. The third-order valence-corrected chi connectivity index (χ3v) is 13.1. The van der Waals surface area contributed by atoms with E-state index in [0.29, 0.717) is 61.0 Å². The van der Waals surface area contributed by atoms with Crippen molar-refractivity contribution >= 4 is 27.5 Å². The number of halogens is 2. The molecular weight excluding hydrogens is 651 g/mol. The molecule has 3 aliphatic rings. The molecule has 9 nitrogen and oxygen atoms in total. The molecule has 0 bridgehead atoms. The Bertz CT molecular complexity index is 1720. The van der Waals surface area contributed by atoms with Crippen molar-refractivity contribution < 1.29 is 17.6 Å². The number of nitrogens with zero attached hydrogens (tertiary/aromatic N) is 6. The predicted molar refractivity (Wildman–Crippen MR) is 185 cm³/mol. The smallest absolute Gasteiger partial charge is 0.257 e. The lowest BCUT2D eigenvalue weighted by atomic mass is 9.82. The van der Waals surface area contributed by atoms with Gasteiger partial charge in [-0.2, -0.15) is 4.31 Å². The number of amides is 1. The molecule has 2 atom stereocenters. The van der Waals surface area contributed by atoms with Crippen LogP contribution >= 0.6 is 11.6 Å². The lowest BCUT2D eigenvalue weighted by molar-refractivity contribution is -0.0422. The quantitative estimate of drug-likeness (QED) is 0.312. The molecule has 3 aliphatic heterocycles. The van der Waals surface area contributed by atoms with Crippen LogP contribution in [-0.2, 0) is 10.0 Å². The van der Waals surface area contributed by atoms with E-state index in [-0.39, 0.29) is 40.2 Å². The van der Waals surface area contributed by atoms with Gasteiger partial charge in [-0.05, 0) is 95.2 Å². The van der Waals surface area contributed by atoms with E-state index in [0.717, 1.165) is 38.0 Å². The van der Waals surface area contributed by atoms with Crippen LogP contribution in [0.2, 0.25) is 5.02 Å². The maximum atomic E-state index is 14.6. The van der Waals surface area contributed by atoms with Crippen LogP contribution in [0.25, 0.3) is 0 Å². The minimum Gasteiger partial charge on any atom is -0.338 e. The van der Waals surface area contributed by atoms with Crippen LogP contribution in [0, 0.1) is 25.6 Å². The Morgan fingerprint density at radius 3 is 2.25 bits per heavy atom. The Kier molecular flexibility index (Phi) is 10.3. The van der Waals surface area contributed by atoms with Crippen LogP contribution in [0.15, 0.2) is 59.8 Å². The number of benzene rings is 2. The summed E-state index contributed by atoms with van der Waals surface area (Å²) in [5.74, 6) is -0.0773. The first-order valence-corrected chi connectivity index (χ1v) is 18.8. The fourth-order valence-electron chi connectivity index (χ4n) is 8.08. The number of carbonyl (C=O) groups is 1. The van der Waals surface area contributed by atoms with E-state index < -0.39 is 10.0 Å². The van der Waals surface area contributed by atoms with Crippen molar-refractivity contribution in [1.82, 2.24) is 29.0 Å². The first kappa shape index (κ1) is 34.9. The minimum absolute atomic E-state index is 0.00943. The molecular formula is C36H46ClFN6O3S. The topological polar surface area (TPSA) is 90.0 Å². The average molecular weight is 697 g/mol. The Morgan fingerprint density at radius 1 is 0.958 bits per heavy atom. The van der Waals surface area contributed by atoms with E-state index in [1.54, 1.807) is 34.6 Å². The number of carbonyl (C=O) groups excluding carboxylic acids is 1. The molecule has 3 saturated heterocycles. The van der Waals surface area contributed by atoms with E-state index in [1.165, 1.54) is 18.5 Å². The van der Waals surface area contributed by atoms with Gasteiger partial charge >= 0.3 is 0 Å². The van der Waals surface area contributed by atoms with E-state index >= 15 is 0 Å². The van der Waals surface area contributed by atoms with Crippen LogP contribution in [0.5, 0.6) is 0 Å². The van der Waals surface area contributed by atoms with Crippen molar-refractivity contribution in [2.24, 2.45) is 5.92 Å². The van der Waals surface area contributed by atoms with Gasteiger partial charge < -0.3 is 4.90 Å². The number of sulfonamides is 1. The molecule has 0 radical (unpaired) electrons. The summed E-state index contributed by atoms with van der Waals surface area (Å²) in [6, 6.07) is 13.5. The van der Waals surface area contributed by atoms with Gasteiger partial charge in [0.2, 0.25) is 10.0 Å². The van der Waals surface area contributed by atoms with Crippen LogP contribution in [-0.4, -0.2) is 101 Å². The zero-order chi connectivity index (χ0) is 34.2.